The molecule has 0 radical (unpaired) electrons. The first-order chi connectivity index (χ1) is 9.94. The van der Waals surface area contributed by atoms with Crippen molar-refractivity contribution in [2.45, 2.75) is 40.2 Å². The Balaban J connectivity index is 2.12. The molecule has 0 unspecified atom stereocenters. The third-order valence-electron chi connectivity index (χ3n) is 2.80. The summed E-state index contributed by atoms with van der Waals surface area (Å²) in [5.41, 5.74) is 1.25. The highest BCUT2D eigenvalue weighted by atomic mass is 16.6. The van der Waals surface area contributed by atoms with Crippen LogP contribution in [0.15, 0.2) is 35.0 Å². The van der Waals surface area contributed by atoms with Crippen LogP contribution in [-0.4, -0.2) is 18.0 Å². The summed E-state index contributed by atoms with van der Waals surface area (Å²) in [5.74, 6) is 1.34. The van der Waals surface area contributed by atoms with Crippen molar-refractivity contribution in [2.75, 3.05) is 0 Å². The van der Waals surface area contributed by atoms with Gasteiger partial charge in [-0.15, -0.1) is 0 Å². The molecule has 1 heterocycles. The molecule has 0 saturated carbocycles. The molecule has 1 aliphatic heterocycles. The van der Waals surface area contributed by atoms with E-state index in [2.05, 4.69) is 18.8 Å². The van der Waals surface area contributed by atoms with Crippen LogP contribution in [0, 0.1) is 5.92 Å². The van der Waals surface area contributed by atoms with Crippen LogP contribution >= 0.6 is 0 Å². The van der Waals surface area contributed by atoms with E-state index in [4.69, 9.17) is 9.47 Å². The lowest BCUT2D eigenvalue weighted by Crippen LogP contribution is -2.06. The maximum atomic E-state index is 11.8. The zero-order valence-electron chi connectivity index (χ0n) is 12.9. The summed E-state index contributed by atoms with van der Waals surface area (Å²) in [5, 5.41) is 0. The lowest BCUT2D eigenvalue weighted by molar-refractivity contribution is -0.130. The number of nitrogens with zero attached hydrogens (tertiary/aromatic N) is 1. The molecule has 0 atom stereocenters. The number of benzene rings is 1. The van der Waals surface area contributed by atoms with Crippen LogP contribution in [-0.2, 0) is 9.53 Å². The van der Waals surface area contributed by atoms with Gasteiger partial charge in [0, 0.05) is 6.42 Å². The zero-order valence-corrected chi connectivity index (χ0v) is 12.9. The quantitative estimate of drug-likeness (QED) is 0.611. The Kier molecular flexibility index (Phi) is 4.78. The van der Waals surface area contributed by atoms with Gasteiger partial charge in [0.25, 0.3) is 0 Å². The zero-order chi connectivity index (χ0) is 15.4. The van der Waals surface area contributed by atoms with Crippen LogP contribution in [0.3, 0.4) is 0 Å². The topological polar surface area (TPSA) is 47.9 Å². The highest BCUT2D eigenvalue weighted by Crippen LogP contribution is 2.20. The number of rotatable bonds is 5. The normalized spacial score (nSPS) is 16.6. The van der Waals surface area contributed by atoms with Gasteiger partial charge in [-0.25, -0.2) is 9.79 Å². The Bertz CT molecular complexity index is 568. The minimum Gasteiger partial charge on any atom is -0.491 e. The lowest BCUT2D eigenvalue weighted by Gasteiger charge is -2.09. The van der Waals surface area contributed by atoms with Crippen LogP contribution in [0.25, 0.3) is 6.08 Å². The summed E-state index contributed by atoms with van der Waals surface area (Å²) in [6.07, 6.45) is 2.54. The van der Waals surface area contributed by atoms with Crippen LogP contribution in [0.4, 0.5) is 0 Å². The third-order valence-corrected chi connectivity index (χ3v) is 2.80. The van der Waals surface area contributed by atoms with Crippen molar-refractivity contribution in [3.8, 4) is 5.75 Å². The molecule has 0 spiro atoms. The molecular weight excluding hydrogens is 266 g/mol. The van der Waals surface area contributed by atoms with E-state index < -0.39 is 0 Å². The van der Waals surface area contributed by atoms with E-state index in [0.29, 0.717) is 23.9 Å². The van der Waals surface area contributed by atoms with E-state index in [-0.39, 0.29) is 12.1 Å². The second-order valence-corrected chi connectivity index (χ2v) is 5.76. The highest BCUT2D eigenvalue weighted by molar-refractivity contribution is 6.07. The number of aliphatic imine (C=N–C) groups is 1. The predicted molar refractivity (Wildman–Crippen MR) is 83.2 cm³/mol. The minimum atomic E-state index is -0.381. The largest absolute Gasteiger partial charge is 0.491 e. The maximum Gasteiger partial charge on any atom is 0.363 e. The van der Waals surface area contributed by atoms with Gasteiger partial charge in [0.2, 0.25) is 0 Å². The Morgan fingerprint density at radius 2 is 1.86 bits per heavy atom. The molecule has 1 aromatic carbocycles. The number of hydrogen-bond acceptors (Lipinski definition) is 4. The second-order valence-electron chi connectivity index (χ2n) is 5.76. The van der Waals surface area contributed by atoms with Gasteiger partial charge in [-0.2, -0.15) is 0 Å². The van der Waals surface area contributed by atoms with Gasteiger partial charge in [-0.1, -0.05) is 26.0 Å². The van der Waals surface area contributed by atoms with E-state index in [1.807, 2.05) is 38.1 Å². The van der Waals surface area contributed by atoms with Crippen LogP contribution in [0.1, 0.15) is 39.7 Å². The summed E-state index contributed by atoms with van der Waals surface area (Å²) in [6, 6.07) is 7.55. The van der Waals surface area contributed by atoms with E-state index in [1.54, 1.807) is 6.08 Å². The molecule has 2 rings (SSSR count). The van der Waals surface area contributed by atoms with Crippen LogP contribution in [0.5, 0.6) is 5.75 Å². The van der Waals surface area contributed by atoms with E-state index in [9.17, 15) is 4.79 Å². The molecule has 21 heavy (non-hydrogen) atoms. The van der Waals surface area contributed by atoms with Crippen LogP contribution < -0.4 is 4.74 Å². The standard InChI is InChI=1S/C17H21NO3/c1-11(2)9-16-18-15(17(19)21-16)10-13-5-7-14(8-6-13)20-12(3)4/h5-8,10-12H,9H2,1-4H3/b15-10+. The second kappa shape index (κ2) is 6.57. The summed E-state index contributed by atoms with van der Waals surface area (Å²) in [7, 11) is 0. The fourth-order valence-corrected chi connectivity index (χ4v) is 1.96. The van der Waals surface area contributed by atoms with Gasteiger partial charge < -0.3 is 9.47 Å². The Hall–Kier alpha value is -2.10. The molecule has 0 N–H and O–H groups in total. The Morgan fingerprint density at radius 1 is 1.19 bits per heavy atom. The monoisotopic (exact) mass is 287 g/mol. The van der Waals surface area contributed by atoms with Gasteiger partial charge in [-0.3, -0.25) is 0 Å². The van der Waals surface area contributed by atoms with Crippen LogP contribution in [0.2, 0.25) is 0 Å². The van der Waals surface area contributed by atoms with E-state index >= 15 is 0 Å². The van der Waals surface area contributed by atoms with Crippen molar-refractivity contribution < 1.29 is 14.3 Å². The number of esters is 1. The third kappa shape index (κ3) is 4.45. The minimum absolute atomic E-state index is 0.141. The summed E-state index contributed by atoms with van der Waals surface area (Å²) < 4.78 is 10.7. The lowest BCUT2D eigenvalue weighted by atomic mass is 10.1. The number of carbonyl (C=O) groups excluding carboxylic acids is 1. The molecule has 112 valence electrons. The van der Waals surface area contributed by atoms with Crippen molar-refractivity contribution in [2.24, 2.45) is 10.9 Å². The fraction of sp³-hybridized carbons (Fsp3) is 0.412. The number of cyclic esters (lactones) is 1. The molecule has 0 amide bonds. The summed E-state index contributed by atoms with van der Waals surface area (Å²) in [6.45, 7) is 8.09. The average molecular weight is 287 g/mol. The molecular formula is C17H21NO3. The molecule has 1 aliphatic rings. The first-order valence-electron chi connectivity index (χ1n) is 7.22. The molecule has 0 aromatic heterocycles. The maximum absolute atomic E-state index is 11.8. The van der Waals surface area contributed by atoms with Gasteiger partial charge in [0.15, 0.2) is 11.6 Å². The molecule has 0 bridgehead atoms. The van der Waals surface area contributed by atoms with Gasteiger partial charge in [-0.05, 0) is 43.5 Å². The van der Waals surface area contributed by atoms with Gasteiger partial charge in [0.05, 0.1) is 6.10 Å². The van der Waals surface area contributed by atoms with Crippen molar-refractivity contribution in [1.82, 2.24) is 0 Å². The van der Waals surface area contributed by atoms with Crippen molar-refractivity contribution in [1.29, 1.82) is 0 Å². The fourth-order valence-electron chi connectivity index (χ4n) is 1.96. The smallest absolute Gasteiger partial charge is 0.363 e. The van der Waals surface area contributed by atoms with Gasteiger partial charge >= 0.3 is 5.97 Å². The number of hydrogen-bond donors (Lipinski definition) is 0. The SMILES string of the molecule is CC(C)CC1=N/C(=C/c2ccc(OC(C)C)cc2)C(=O)O1. The number of ether oxygens (including phenoxy) is 2. The molecule has 4 nitrogen and oxygen atoms in total. The Labute approximate surface area is 125 Å². The highest BCUT2D eigenvalue weighted by Gasteiger charge is 2.23. The first-order valence-corrected chi connectivity index (χ1v) is 7.22. The van der Waals surface area contributed by atoms with E-state index in [1.165, 1.54) is 0 Å². The van der Waals surface area contributed by atoms with Crippen molar-refractivity contribution in [3.05, 3.63) is 35.5 Å². The predicted octanol–water partition coefficient (Wildman–Crippen LogP) is 3.82. The first kappa shape index (κ1) is 15.3. The van der Waals surface area contributed by atoms with Gasteiger partial charge in [0.1, 0.15) is 5.75 Å². The van der Waals surface area contributed by atoms with E-state index in [0.717, 1.165) is 11.3 Å². The molecule has 0 fully saturated rings. The molecule has 4 heteroatoms. The summed E-state index contributed by atoms with van der Waals surface area (Å²) >= 11 is 0. The average Bonchev–Trinajstić information content (AvgIpc) is 2.70. The Morgan fingerprint density at radius 3 is 2.43 bits per heavy atom. The summed E-state index contributed by atoms with van der Waals surface area (Å²) in [4.78, 5) is 16.0. The number of carbonyl (C=O) groups is 1. The molecule has 0 saturated heterocycles. The van der Waals surface area contributed by atoms with Crippen molar-refractivity contribution in [3.63, 3.8) is 0 Å². The molecule has 0 aliphatic carbocycles. The van der Waals surface area contributed by atoms with Crippen molar-refractivity contribution >= 4 is 17.9 Å². The molecule has 1 aromatic rings.